The number of ether oxygens (including phenoxy) is 1. The maximum Gasteiger partial charge on any atom is 0.0897 e. The van der Waals surface area contributed by atoms with E-state index in [0.29, 0.717) is 13.2 Å². The van der Waals surface area contributed by atoms with Crippen LogP contribution in [0.15, 0.2) is 12.4 Å². The summed E-state index contributed by atoms with van der Waals surface area (Å²) in [6, 6.07) is 0. The second kappa shape index (κ2) is 9.08. The Morgan fingerprint density at radius 2 is 2.39 bits per heavy atom. The Hall–Kier alpha value is -0.910. The molecule has 5 heteroatoms. The molecule has 0 aliphatic rings. The Bertz CT molecular complexity index is 315. The maximum absolute atomic E-state index is 9.65. The van der Waals surface area contributed by atoms with Crippen LogP contribution in [0.4, 0.5) is 0 Å². The SMILES string of the molecule is CCCCOCC(O)CNCCc1cnn(C)c1. The highest BCUT2D eigenvalue weighted by molar-refractivity contribution is 5.03. The predicted molar refractivity (Wildman–Crippen MR) is 71.5 cm³/mol. The Labute approximate surface area is 109 Å². The molecule has 1 aromatic heterocycles. The lowest BCUT2D eigenvalue weighted by molar-refractivity contribution is 0.0361. The van der Waals surface area contributed by atoms with Crippen molar-refractivity contribution in [2.75, 3.05) is 26.3 Å². The fraction of sp³-hybridized carbons (Fsp3) is 0.769. The summed E-state index contributed by atoms with van der Waals surface area (Å²) < 4.78 is 7.15. The number of aliphatic hydroxyl groups excluding tert-OH is 1. The van der Waals surface area contributed by atoms with Crippen LogP contribution in [0.5, 0.6) is 0 Å². The summed E-state index contributed by atoms with van der Waals surface area (Å²) >= 11 is 0. The molecule has 5 nitrogen and oxygen atoms in total. The van der Waals surface area contributed by atoms with Gasteiger partial charge in [0.2, 0.25) is 0 Å². The van der Waals surface area contributed by atoms with E-state index in [9.17, 15) is 5.11 Å². The summed E-state index contributed by atoms with van der Waals surface area (Å²) in [5.74, 6) is 0. The van der Waals surface area contributed by atoms with E-state index in [4.69, 9.17) is 4.74 Å². The molecule has 0 aliphatic heterocycles. The quantitative estimate of drug-likeness (QED) is 0.605. The third-order valence-electron chi connectivity index (χ3n) is 2.68. The lowest BCUT2D eigenvalue weighted by Crippen LogP contribution is -2.31. The van der Waals surface area contributed by atoms with Crippen LogP contribution >= 0.6 is 0 Å². The Morgan fingerprint density at radius 3 is 3.06 bits per heavy atom. The smallest absolute Gasteiger partial charge is 0.0897 e. The average molecular weight is 255 g/mol. The van der Waals surface area contributed by atoms with Gasteiger partial charge in [0, 0.05) is 26.4 Å². The van der Waals surface area contributed by atoms with E-state index < -0.39 is 6.10 Å². The number of nitrogens with one attached hydrogen (secondary N) is 1. The molecule has 0 spiro atoms. The van der Waals surface area contributed by atoms with Crippen molar-refractivity contribution >= 4 is 0 Å². The number of aryl methyl sites for hydroxylation is 1. The van der Waals surface area contributed by atoms with Crippen molar-refractivity contribution in [1.29, 1.82) is 0 Å². The van der Waals surface area contributed by atoms with Gasteiger partial charge < -0.3 is 15.2 Å². The lowest BCUT2D eigenvalue weighted by Gasteiger charge is -2.11. The fourth-order valence-corrected chi connectivity index (χ4v) is 1.63. The number of rotatable bonds is 10. The first-order valence-corrected chi connectivity index (χ1v) is 6.66. The number of hydrogen-bond acceptors (Lipinski definition) is 4. The second-order valence-corrected chi connectivity index (χ2v) is 4.56. The van der Waals surface area contributed by atoms with E-state index in [1.54, 1.807) is 4.68 Å². The zero-order valence-corrected chi connectivity index (χ0v) is 11.4. The Morgan fingerprint density at radius 1 is 1.56 bits per heavy atom. The Balaban J connectivity index is 1.96. The first kappa shape index (κ1) is 15.1. The van der Waals surface area contributed by atoms with E-state index in [-0.39, 0.29) is 0 Å². The molecule has 0 aromatic carbocycles. The fourth-order valence-electron chi connectivity index (χ4n) is 1.63. The van der Waals surface area contributed by atoms with Crippen LogP contribution in [-0.2, 0) is 18.2 Å². The molecule has 0 saturated carbocycles. The number of aliphatic hydroxyl groups is 1. The van der Waals surface area contributed by atoms with Crippen molar-refractivity contribution in [3.63, 3.8) is 0 Å². The molecule has 2 N–H and O–H groups in total. The molecule has 1 rings (SSSR count). The molecule has 0 radical (unpaired) electrons. The van der Waals surface area contributed by atoms with Crippen molar-refractivity contribution in [2.24, 2.45) is 7.05 Å². The van der Waals surface area contributed by atoms with Gasteiger partial charge in [0.25, 0.3) is 0 Å². The lowest BCUT2D eigenvalue weighted by atomic mass is 10.2. The summed E-state index contributed by atoms with van der Waals surface area (Å²) in [5.41, 5.74) is 1.21. The Kier molecular flexibility index (Phi) is 7.64. The van der Waals surface area contributed by atoms with E-state index in [1.165, 1.54) is 5.56 Å². The monoisotopic (exact) mass is 255 g/mol. The molecule has 0 fully saturated rings. The minimum absolute atomic E-state index is 0.417. The topological polar surface area (TPSA) is 59.3 Å². The van der Waals surface area contributed by atoms with Crippen LogP contribution < -0.4 is 5.32 Å². The third-order valence-corrected chi connectivity index (χ3v) is 2.68. The average Bonchev–Trinajstić information content (AvgIpc) is 2.76. The van der Waals surface area contributed by atoms with Gasteiger partial charge in [-0.25, -0.2) is 0 Å². The van der Waals surface area contributed by atoms with Crippen molar-refractivity contribution in [1.82, 2.24) is 15.1 Å². The molecule has 1 atom stereocenters. The van der Waals surface area contributed by atoms with Crippen LogP contribution in [-0.4, -0.2) is 47.3 Å². The van der Waals surface area contributed by atoms with Crippen molar-refractivity contribution < 1.29 is 9.84 Å². The first-order valence-electron chi connectivity index (χ1n) is 6.66. The second-order valence-electron chi connectivity index (χ2n) is 4.56. The highest BCUT2D eigenvalue weighted by Crippen LogP contribution is 1.96. The standard InChI is InChI=1S/C13H25N3O2/c1-3-4-7-18-11-13(17)9-14-6-5-12-8-15-16(2)10-12/h8,10,13-14,17H,3-7,9,11H2,1-2H3. The molecule has 0 amide bonds. The summed E-state index contributed by atoms with van der Waals surface area (Å²) in [4.78, 5) is 0. The summed E-state index contributed by atoms with van der Waals surface area (Å²) in [5, 5.41) is 17.0. The van der Waals surface area contributed by atoms with E-state index >= 15 is 0 Å². The van der Waals surface area contributed by atoms with Gasteiger partial charge in [0.15, 0.2) is 0 Å². The first-order chi connectivity index (χ1) is 8.72. The minimum Gasteiger partial charge on any atom is -0.389 e. The van der Waals surface area contributed by atoms with Crippen LogP contribution in [0.3, 0.4) is 0 Å². The molecule has 1 heterocycles. The molecular formula is C13H25N3O2. The zero-order chi connectivity index (χ0) is 13.2. The zero-order valence-electron chi connectivity index (χ0n) is 11.4. The summed E-state index contributed by atoms with van der Waals surface area (Å²) in [6.45, 7) is 4.70. The van der Waals surface area contributed by atoms with Gasteiger partial charge in [-0.15, -0.1) is 0 Å². The maximum atomic E-state index is 9.65. The van der Waals surface area contributed by atoms with Crippen LogP contribution in [0.1, 0.15) is 25.3 Å². The molecule has 0 bridgehead atoms. The largest absolute Gasteiger partial charge is 0.389 e. The van der Waals surface area contributed by atoms with Gasteiger partial charge in [0.05, 0.1) is 18.9 Å². The summed E-state index contributed by atoms with van der Waals surface area (Å²) in [6.07, 6.45) is 6.56. The van der Waals surface area contributed by atoms with Crippen LogP contribution in [0.25, 0.3) is 0 Å². The molecule has 18 heavy (non-hydrogen) atoms. The van der Waals surface area contributed by atoms with Gasteiger partial charge in [-0.05, 0) is 24.9 Å². The highest BCUT2D eigenvalue weighted by atomic mass is 16.5. The summed E-state index contributed by atoms with van der Waals surface area (Å²) in [7, 11) is 1.91. The van der Waals surface area contributed by atoms with E-state index in [1.807, 2.05) is 19.4 Å². The number of nitrogens with zero attached hydrogens (tertiary/aromatic N) is 2. The predicted octanol–water partition coefficient (Wildman–Crippen LogP) is 0.730. The van der Waals surface area contributed by atoms with E-state index in [2.05, 4.69) is 17.3 Å². The molecule has 0 saturated heterocycles. The van der Waals surface area contributed by atoms with Gasteiger partial charge in [0.1, 0.15) is 0 Å². The molecule has 1 aromatic rings. The van der Waals surface area contributed by atoms with Gasteiger partial charge in [-0.1, -0.05) is 13.3 Å². The normalized spacial score (nSPS) is 12.8. The van der Waals surface area contributed by atoms with Crippen molar-refractivity contribution in [2.45, 2.75) is 32.3 Å². The van der Waals surface area contributed by atoms with Crippen LogP contribution in [0, 0.1) is 0 Å². The molecule has 0 aliphatic carbocycles. The highest BCUT2D eigenvalue weighted by Gasteiger charge is 2.03. The number of unbranched alkanes of at least 4 members (excludes halogenated alkanes) is 1. The van der Waals surface area contributed by atoms with Crippen molar-refractivity contribution in [3.8, 4) is 0 Å². The van der Waals surface area contributed by atoms with Gasteiger partial charge >= 0.3 is 0 Å². The minimum atomic E-state index is -0.421. The molecule has 104 valence electrons. The van der Waals surface area contributed by atoms with Gasteiger partial charge in [-0.2, -0.15) is 5.10 Å². The van der Waals surface area contributed by atoms with E-state index in [0.717, 1.165) is 32.4 Å². The van der Waals surface area contributed by atoms with Gasteiger partial charge in [-0.3, -0.25) is 4.68 Å². The molecular weight excluding hydrogens is 230 g/mol. The number of aromatic nitrogens is 2. The molecule has 1 unspecified atom stereocenters. The van der Waals surface area contributed by atoms with Crippen LogP contribution in [0.2, 0.25) is 0 Å². The number of hydrogen-bond donors (Lipinski definition) is 2. The third kappa shape index (κ3) is 6.74. The van der Waals surface area contributed by atoms with Crippen molar-refractivity contribution in [3.05, 3.63) is 18.0 Å².